The molecule has 0 bridgehead atoms. The van der Waals surface area contributed by atoms with Gasteiger partial charge in [0.25, 0.3) is 0 Å². The van der Waals surface area contributed by atoms with Gasteiger partial charge in [0.05, 0.1) is 5.52 Å². The molecule has 5 heteroatoms. The van der Waals surface area contributed by atoms with E-state index in [4.69, 9.17) is 0 Å². The molecular weight excluding hydrogens is 360 g/mol. The van der Waals surface area contributed by atoms with Gasteiger partial charge in [-0.05, 0) is 54.2 Å². The first-order chi connectivity index (χ1) is 14.2. The molecule has 1 aliphatic rings. The first-order valence-corrected chi connectivity index (χ1v) is 10.6. The van der Waals surface area contributed by atoms with Crippen LogP contribution < -0.4 is 10.6 Å². The van der Waals surface area contributed by atoms with Gasteiger partial charge in [0.2, 0.25) is 5.91 Å². The average molecular weight is 389 g/mol. The Hall–Kier alpha value is -2.95. The van der Waals surface area contributed by atoms with E-state index in [0.717, 1.165) is 52.7 Å². The van der Waals surface area contributed by atoms with Crippen molar-refractivity contribution >= 4 is 22.6 Å². The maximum atomic E-state index is 12.0. The van der Waals surface area contributed by atoms with Crippen LogP contribution >= 0.6 is 0 Å². The summed E-state index contributed by atoms with van der Waals surface area (Å²) in [5.41, 5.74) is 4.31. The molecule has 2 aromatic carbocycles. The normalized spacial score (nSPS) is 13.4. The number of aromatic nitrogens is 2. The lowest BCUT2D eigenvalue weighted by Gasteiger charge is -2.10. The Kier molecular flexibility index (Phi) is 6.03. The summed E-state index contributed by atoms with van der Waals surface area (Å²) in [4.78, 5) is 20.8. The van der Waals surface area contributed by atoms with Crippen LogP contribution in [-0.4, -0.2) is 21.9 Å². The van der Waals surface area contributed by atoms with Gasteiger partial charge < -0.3 is 10.6 Å². The third kappa shape index (κ3) is 5.11. The van der Waals surface area contributed by atoms with Crippen LogP contribution in [-0.2, 0) is 11.3 Å². The van der Waals surface area contributed by atoms with Crippen molar-refractivity contribution in [1.82, 2.24) is 15.3 Å². The number of rotatable bonds is 9. The maximum Gasteiger partial charge on any atom is 0.220 e. The van der Waals surface area contributed by atoms with Crippen LogP contribution in [0.1, 0.15) is 51.0 Å². The van der Waals surface area contributed by atoms with Gasteiger partial charge in [-0.3, -0.25) is 4.79 Å². The molecule has 150 valence electrons. The first-order valence-electron chi connectivity index (χ1n) is 10.6. The molecule has 3 aromatic rings. The van der Waals surface area contributed by atoms with E-state index in [2.05, 4.69) is 57.9 Å². The first kappa shape index (κ1) is 19.4. The largest absolute Gasteiger partial charge is 0.367 e. The molecule has 1 heterocycles. The highest BCUT2D eigenvalue weighted by Gasteiger charge is 2.22. The number of hydrogen-bond acceptors (Lipinski definition) is 4. The van der Waals surface area contributed by atoms with E-state index in [9.17, 15) is 4.79 Å². The number of carbonyl (C=O) groups is 1. The number of unbranched alkanes of at least 4 members (excludes halogenated alkanes) is 2. The molecule has 0 radical (unpaired) electrons. The summed E-state index contributed by atoms with van der Waals surface area (Å²) in [6.07, 6.45) is 7.83. The van der Waals surface area contributed by atoms with Crippen molar-refractivity contribution < 1.29 is 4.79 Å². The quantitative estimate of drug-likeness (QED) is 0.502. The summed E-state index contributed by atoms with van der Waals surface area (Å²) in [5, 5.41) is 7.59. The molecule has 1 amide bonds. The number of hydrogen-bond donors (Lipinski definition) is 2. The summed E-state index contributed by atoms with van der Waals surface area (Å²) in [5.74, 6) is 1.04. The molecule has 1 aromatic heterocycles. The number of amides is 1. The second-order valence-electron chi connectivity index (χ2n) is 7.81. The van der Waals surface area contributed by atoms with E-state index in [1.165, 1.54) is 12.8 Å². The minimum atomic E-state index is 0.127. The van der Waals surface area contributed by atoms with Crippen LogP contribution in [0.4, 0.5) is 5.82 Å². The number of anilines is 1. The predicted molar refractivity (Wildman–Crippen MR) is 118 cm³/mol. The van der Waals surface area contributed by atoms with Gasteiger partial charge in [-0.25, -0.2) is 9.97 Å². The monoisotopic (exact) mass is 388 g/mol. The van der Waals surface area contributed by atoms with Crippen molar-refractivity contribution in [2.45, 2.75) is 58.0 Å². The van der Waals surface area contributed by atoms with Crippen molar-refractivity contribution in [3.05, 3.63) is 54.4 Å². The molecule has 0 saturated heterocycles. The van der Waals surface area contributed by atoms with Gasteiger partial charge in [-0.15, -0.1) is 0 Å². The molecule has 0 aliphatic heterocycles. The number of carbonyl (C=O) groups excluding carboxylic acids is 1. The summed E-state index contributed by atoms with van der Waals surface area (Å²) < 4.78 is 0. The maximum absolute atomic E-state index is 12.0. The van der Waals surface area contributed by atoms with Crippen molar-refractivity contribution in [3.8, 4) is 11.1 Å². The molecule has 0 atom stereocenters. The Morgan fingerprint density at radius 3 is 2.76 bits per heavy atom. The van der Waals surface area contributed by atoms with Crippen LogP contribution in [0.2, 0.25) is 0 Å². The summed E-state index contributed by atoms with van der Waals surface area (Å²) in [6.45, 7) is 2.71. The fourth-order valence-corrected chi connectivity index (χ4v) is 3.46. The zero-order chi connectivity index (χ0) is 20.1. The van der Waals surface area contributed by atoms with Gasteiger partial charge in [0.15, 0.2) is 0 Å². The van der Waals surface area contributed by atoms with Crippen molar-refractivity contribution in [1.29, 1.82) is 0 Å². The minimum Gasteiger partial charge on any atom is -0.367 e. The molecule has 1 aliphatic carbocycles. The smallest absolute Gasteiger partial charge is 0.220 e. The third-order valence-corrected chi connectivity index (χ3v) is 5.31. The highest BCUT2D eigenvalue weighted by molar-refractivity contribution is 5.92. The third-order valence-electron chi connectivity index (χ3n) is 5.31. The lowest BCUT2D eigenvalue weighted by atomic mass is 10.0. The topological polar surface area (TPSA) is 66.9 Å². The van der Waals surface area contributed by atoms with Crippen LogP contribution in [0, 0.1) is 0 Å². The summed E-state index contributed by atoms with van der Waals surface area (Å²) in [6, 6.07) is 15.2. The molecule has 1 saturated carbocycles. The van der Waals surface area contributed by atoms with Gasteiger partial charge in [-0.2, -0.15) is 0 Å². The average Bonchev–Trinajstić information content (AvgIpc) is 3.57. The molecule has 0 unspecified atom stereocenters. The lowest BCUT2D eigenvalue weighted by molar-refractivity contribution is -0.121. The minimum absolute atomic E-state index is 0.127. The number of nitrogens with one attached hydrogen (secondary N) is 2. The lowest BCUT2D eigenvalue weighted by Crippen LogP contribution is -2.22. The van der Waals surface area contributed by atoms with Crippen molar-refractivity contribution in [2.75, 3.05) is 5.32 Å². The van der Waals surface area contributed by atoms with Crippen molar-refractivity contribution in [2.24, 2.45) is 0 Å². The Labute approximate surface area is 172 Å². The van der Waals surface area contributed by atoms with Gasteiger partial charge in [-0.1, -0.05) is 44.0 Å². The highest BCUT2D eigenvalue weighted by atomic mass is 16.1. The molecule has 0 spiro atoms. The second kappa shape index (κ2) is 9.03. The number of fused-ring (bicyclic) bond motifs is 1. The summed E-state index contributed by atoms with van der Waals surface area (Å²) in [7, 11) is 0. The van der Waals surface area contributed by atoms with Crippen LogP contribution in [0.5, 0.6) is 0 Å². The SMILES string of the molecule is CCCCCC(=O)NCc1cccc(-c2ccc3ncnc(NC4CC4)c3c2)c1. The van der Waals surface area contributed by atoms with Gasteiger partial charge in [0, 0.05) is 24.4 Å². The van der Waals surface area contributed by atoms with E-state index in [1.807, 2.05) is 12.1 Å². The zero-order valence-corrected chi connectivity index (χ0v) is 16.9. The van der Waals surface area contributed by atoms with E-state index >= 15 is 0 Å². The fraction of sp³-hybridized carbons (Fsp3) is 0.375. The molecule has 4 rings (SSSR count). The van der Waals surface area contributed by atoms with Crippen LogP contribution in [0.15, 0.2) is 48.8 Å². The highest BCUT2D eigenvalue weighted by Crippen LogP contribution is 2.30. The van der Waals surface area contributed by atoms with E-state index < -0.39 is 0 Å². The number of nitrogens with zero attached hydrogens (tertiary/aromatic N) is 2. The zero-order valence-electron chi connectivity index (χ0n) is 16.9. The fourth-order valence-electron chi connectivity index (χ4n) is 3.46. The Bertz CT molecular complexity index is 997. The summed E-state index contributed by atoms with van der Waals surface area (Å²) >= 11 is 0. The predicted octanol–water partition coefficient (Wildman–Crippen LogP) is 5.07. The van der Waals surface area contributed by atoms with E-state index in [0.29, 0.717) is 19.0 Å². The van der Waals surface area contributed by atoms with Gasteiger partial charge >= 0.3 is 0 Å². The van der Waals surface area contributed by atoms with Crippen LogP contribution in [0.25, 0.3) is 22.0 Å². The number of benzene rings is 2. The Balaban J connectivity index is 1.50. The van der Waals surface area contributed by atoms with E-state index in [-0.39, 0.29) is 5.91 Å². The molecule has 1 fully saturated rings. The van der Waals surface area contributed by atoms with Gasteiger partial charge in [0.1, 0.15) is 12.1 Å². The van der Waals surface area contributed by atoms with E-state index in [1.54, 1.807) is 6.33 Å². The second-order valence-corrected chi connectivity index (χ2v) is 7.81. The molecule has 29 heavy (non-hydrogen) atoms. The van der Waals surface area contributed by atoms with Crippen LogP contribution in [0.3, 0.4) is 0 Å². The molecular formula is C24H28N4O. The van der Waals surface area contributed by atoms with Crippen molar-refractivity contribution in [3.63, 3.8) is 0 Å². The molecule has 2 N–H and O–H groups in total. The Morgan fingerprint density at radius 1 is 1.07 bits per heavy atom. The molecule has 5 nitrogen and oxygen atoms in total. The standard InChI is InChI=1S/C24H28N4O/c1-2-3-4-8-23(29)25-15-17-6-5-7-18(13-17)19-9-12-22-21(14-19)24(27-16-26-22)28-20-10-11-20/h5-7,9,12-14,16,20H,2-4,8,10-11,15H2,1H3,(H,25,29)(H,26,27,28). The Morgan fingerprint density at radius 2 is 1.93 bits per heavy atom.